The molecule has 0 aromatic rings. The van der Waals surface area contributed by atoms with Gasteiger partial charge in [0.05, 0.1) is 13.0 Å². The zero-order chi connectivity index (χ0) is 9.84. The molecule has 1 aliphatic rings. The lowest BCUT2D eigenvalue weighted by Crippen LogP contribution is -2.27. The van der Waals surface area contributed by atoms with Crippen LogP contribution in [0.2, 0.25) is 0 Å². The smallest absolute Gasteiger partial charge is 0.308 e. The second kappa shape index (κ2) is 4.40. The second-order valence-corrected chi connectivity index (χ2v) is 3.71. The van der Waals surface area contributed by atoms with E-state index in [2.05, 4.69) is 4.74 Å². The first kappa shape index (κ1) is 10.2. The van der Waals surface area contributed by atoms with Crippen LogP contribution in [0.4, 0.5) is 0 Å². The van der Waals surface area contributed by atoms with Crippen molar-refractivity contribution in [2.45, 2.75) is 32.6 Å². The zero-order valence-electron chi connectivity index (χ0n) is 8.21. The zero-order valence-corrected chi connectivity index (χ0v) is 8.21. The Hall–Kier alpha value is -0.860. The van der Waals surface area contributed by atoms with Crippen LogP contribution in [0.1, 0.15) is 32.6 Å². The van der Waals surface area contributed by atoms with E-state index in [0.717, 1.165) is 12.8 Å². The lowest BCUT2D eigenvalue weighted by molar-refractivity contribution is -0.147. The highest BCUT2D eigenvalue weighted by atomic mass is 16.5. The van der Waals surface area contributed by atoms with Gasteiger partial charge in [0.2, 0.25) is 0 Å². The molecule has 13 heavy (non-hydrogen) atoms. The topological polar surface area (TPSA) is 43.4 Å². The van der Waals surface area contributed by atoms with E-state index < -0.39 is 0 Å². The van der Waals surface area contributed by atoms with E-state index in [9.17, 15) is 9.59 Å². The Morgan fingerprint density at radius 1 is 1.62 bits per heavy atom. The monoisotopic (exact) mass is 184 g/mol. The minimum Gasteiger partial charge on any atom is -0.469 e. The standard InChI is InChI=1S/C10H16O3/c1-7(10(12)13-2)8-4-3-5-9(11)6-8/h7-8H,3-6H2,1-2H3. The highest BCUT2D eigenvalue weighted by molar-refractivity contribution is 5.80. The number of carbonyl (C=O) groups is 2. The highest BCUT2D eigenvalue weighted by Gasteiger charge is 2.29. The van der Waals surface area contributed by atoms with Crippen LogP contribution in [-0.4, -0.2) is 18.9 Å². The SMILES string of the molecule is COC(=O)C(C)C1CCCC(=O)C1. The summed E-state index contributed by atoms with van der Waals surface area (Å²) < 4.78 is 4.65. The number of ether oxygens (including phenoxy) is 1. The minimum absolute atomic E-state index is 0.130. The van der Waals surface area contributed by atoms with Gasteiger partial charge in [-0.05, 0) is 18.8 Å². The first-order chi connectivity index (χ1) is 6.15. The molecule has 0 amide bonds. The van der Waals surface area contributed by atoms with Crippen LogP contribution >= 0.6 is 0 Å². The fourth-order valence-electron chi connectivity index (χ4n) is 1.86. The highest BCUT2D eigenvalue weighted by Crippen LogP contribution is 2.28. The van der Waals surface area contributed by atoms with Crippen LogP contribution < -0.4 is 0 Å². The molecule has 0 aliphatic heterocycles. The van der Waals surface area contributed by atoms with Crippen LogP contribution in [-0.2, 0) is 14.3 Å². The first-order valence-corrected chi connectivity index (χ1v) is 4.74. The Kier molecular flexibility index (Phi) is 3.46. The average molecular weight is 184 g/mol. The Labute approximate surface area is 78.5 Å². The van der Waals surface area contributed by atoms with Gasteiger partial charge in [-0.1, -0.05) is 6.92 Å². The second-order valence-electron chi connectivity index (χ2n) is 3.71. The van der Waals surface area contributed by atoms with E-state index in [4.69, 9.17) is 0 Å². The Balaban J connectivity index is 2.50. The molecule has 0 saturated heterocycles. The molecule has 0 radical (unpaired) electrons. The van der Waals surface area contributed by atoms with E-state index in [0.29, 0.717) is 12.8 Å². The van der Waals surface area contributed by atoms with Crippen molar-refractivity contribution in [2.24, 2.45) is 11.8 Å². The van der Waals surface area contributed by atoms with Crippen molar-refractivity contribution in [1.82, 2.24) is 0 Å². The summed E-state index contributed by atoms with van der Waals surface area (Å²) in [6.07, 6.45) is 3.13. The normalized spacial score (nSPS) is 25.4. The van der Waals surface area contributed by atoms with E-state index >= 15 is 0 Å². The largest absolute Gasteiger partial charge is 0.469 e. The average Bonchev–Trinajstić information content (AvgIpc) is 2.15. The van der Waals surface area contributed by atoms with Crippen molar-refractivity contribution in [3.8, 4) is 0 Å². The lowest BCUT2D eigenvalue weighted by Gasteiger charge is -2.24. The summed E-state index contributed by atoms with van der Waals surface area (Å²) in [6.45, 7) is 1.84. The van der Waals surface area contributed by atoms with E-state index in [1.165, 1.54) is 7.11 Å². The first-order valence-electron chi connectivity index (χ1n) is 4.74. The fraction of sp³-hybridized carbons (Fsp3) is 0.800. The maximum absolute atomic E-state index is 11.2. The molecule has 1 rings (SSSR count). The molecule has 1 saturated carbocycles. The Morgan fingerprint density at radius 3 is 2.85 bits per heavy atom. The predicted octanol–water partition coefficient (Wildman–Crippen LogP) is 1.55. The number of hydrogen-bond acceptors (Lipinski definition) is 3. The molecular formula is C10H16O3. The molecular weight excluding hydrogens is 168 g/mol. The van der Waals surface area contributed by atoms with Gasteiger partial charge in [-0.3, -0.25) is 9.59 Å². The predicted molar refractivity (Wildman–Crippen MR) is 48.1 cm³/mol. The summed E-state index contributed by atoms with van der Waals surface area (Å²) in [4.78, 5) is 22.3. The van der Waals surface area contributed by atoms with Gasteiger partial charge in [-0.25, -0.2) is 0 Å². The lowest BCUT2D eigenvalue weighted by atomic mass is 9.80. The molecule has 1 aliphatic carbocycles. The van der Waals surface area contributed by atoms with Gasteiger partial charge in [0, 0.05) is 12.8 Å². The number of methoxy groups -OCH3 is 1. The summed E-state index contributed by atoms with van der Waals surface area (Å²) >= 11 is 0. The van der Waals surface area contributed by atoms with Crippen molar-refractivity contribution in [2.75, 3.05) is 7.11 Å². The number of ketones is 1. The van der Waals surface area contributed by atoms with Crippen LogP contribution in [0.25, 0.3) is 0 Å². The van der Waals surface area contributed by atoms with E-state index in [-0.39, 0.29) is 23.6 Å². The summed E-state index contributed by atoms with van der Waals surface area (Å²) in [7, 11) is 1.39. The van der Waals surface area contributed by atoms with Crippen molar-refractivity contribution in [1.29, 1.82) is 0 Å². The van der Waals surface area contributed by atoms with Crippen LogP contribution in [0.15, 0.2) is 0 Å². The number of Topliss-reactive ketones (excluding diaryl/α,β-unsaturated/α-hetero) is 1. The van der Waals surface area contributed by atoms with Gasteiger partial charge in [-0.2, -0.15) is 0 Å². The van der Waals surface area contributed by atoms with Gasteiger partial charge in [-0.15, -0.1) is 0 Å². The molecule has 1 fully saturated rings. The third kappa shape index (κ3) is 2.54. The number of hydrogen-bond donors (Lipinski definition) is 0. The van der Waals surface area contributed by atoms with Crippen molar-refractivity contribution in [3.63, 3.8) is 0 Å². The van der Waals surface area contributed by atoms with Crippen molar-refractivity contribution < 1.29 is 14.3 Å². The number of esters is 1. The Bertz CT molecular complexity index is 210. The van der Waals surface area contributed by atoms with Gasteiger partial charge in [0.25, 0.3) is 0 Å². The molecule has 74 valence electrons. The molecule has 0 bridgehead atoms. The minimum atomic E-state index is -0.195. The van der Waals surface area contributed by atoms with E-state index in [1.807, 2.05) is 6.92 Å². The summed E-state index contributed by atoms with van der Waals surface area (Å²) in [6, 6.07) is 0. The van der Waals surface area contributed by atoms with Gasteiger partial charge < -0.3 is 4.74 Å². The number of carbonyl (C=O) groups excluding carboxylic acids is 2. The van der Waals surface area contributed by atoms with Crippen LogP contribution in [0.5, 0.6) is 0 Å². The maximum Gasteiger partial charge on any atom is 0.308 e. The summed E-state index contributed by atoms with van der Waals surface area (Å²) in [5, 5.41) is 0. The molecule has 0 aromatic carbocycles. The van der Waals surface area contributed by atoms with Crippen molar-refractivity contribution >= 4 is 11.8 Å². The van der Waals surface area contributed by atoms with E-state index in [1.54, 1.807) is 0 Å². The fourth-order valence-corrected chi connectivity index (χ4v) is 1.86. The molecule has 0 spiro atoms. The maximum atomic E-state index is 11.2. The molecule has 0 aromatic heterocycles. The summed E-state index contributed by atoms with van der Waals surface area (Å²) in [5.74, 6) is 0.162. The van der Waals surface area contributed by atoms with Crippen LogP contribution in [0, 0.1) is 11.8 Å². The van der Waals surface area contributed by atoms with Crippen molar-refractivity contribution in [3.05, 3.63) is 0 Å². The third-order valence-corrected chi connectivity index (χ3v) is 2.80. The molecule has 2 unspecified atom stereocenters. The van der Waals surface area contributed by atoms with Gasteiger partial charge in [0.15, 0.2) is 0 Å². The molecule has 3 heteroatoms. The molecule has 3 nitrogen and oxygen atoms in total. The van der Waals surface area contributed by atoms with Gasteiger partial charge >= 0.3 is 5.97 Å². The molecule has 2 atom stereocenters. The quantitative estimate of drug-likeness (QED) is 0.611. The van der Waals surface area contributed by atoms with Gasteiger partial charge in [0.1, 0.15) is 5.78 Å². The Morgan fingerprint density at radius 2 is 2.31 bits per heavy atom. The summed E-state index contributed by atoms with van der Waals surface area (Å²) in [5.41, 5.74) is 0. The molecule has 0 N–H and O–H groups in total. The number of rotatable bonds is 2. The third-order valence-electron chi connectivity index (χ3n) is 2.80. The van der Waals surface area contributed by atoms with Crippen LogP contribution in [0.3, 0.4) is 0 Å². The molecule has 0 heterocycles.